The standard InChI is InChI=1S/C17H16ClF3N2O/c1-2-22-15(11-6-4-3-5-7-11)16(24)23-14-10-12(17(19,20)21)8-9-13(14)18/h3-10,15,22H,2H2,1H3,(H,23,24)/p+1/t15-/m0/s1. The van der Waals surface area contributed by atoms with Crippen LogP contribution in [0.4, 0.5) is 18.9 Å². The first kappa shape index (κ1) is 18.3. The van der Waals surface area contributed by atoms with Gasteiger partial charge in [-0.2, -0.15) is 13.2 Å². The van der Waals surface area contributed by atoms with E-state index in [0.29, 0.717) is 6.54 Å². The summed E-state index contributed by atoms with van der Waals surface area (Å²) in [6.07, 6.45) is -4.50. The van der Waals surface area contributed by atoms with E-state index in [0.717, 1.165) is 23.8 Å². The van der Waals surface area contributed by atoms with Gasteiger partial charge in [-0.15, -0.1) is 0 Å². The summed E-state index contributed by atoms with van der Waals surface area (Å²) in [5.41, 5.74) is -0.153. The number of likely N-dealkylation sites (N-methyl/N-ethyl adjacent to an activating group) is 1. The number of carbonyl (C=O) groups excluding carboxylic acids is 1. The van der Waals surface area contributed by atoms with Crippen molar-refractivity contribution in [1.29, 1.82) is 0 Å². The average Bonchev–Trinajstić information content (AvgIpc) is 2.54. The molecule has 2 aromatic carbocycles. The predicted octanol–water partition coefficient (Wildman–Crippen LogP) is 3.62. The number of carbonyl (C=O) groups is 1. The van der Waals surface area contributed by atoms with Gasteiger partial charge in [0.15, 0.2) is 6.04 Å². The SMILES string of the molecule is CC[NH2+][C@H](C(=O)Nc1cc(C(F)(F)F)ccc1Cl)c1ccccc1. The molecule has 2 aromatic rings. The lowest BCUT2D eigenvalue weighted by molar-refractivity contribution is -0.679. The van der Waals surface area contributed by atoms with Crippen molar-refractivity contribution in [2.24, 2.45) is 0 Å². The predicted molar refractivity (Wildman–Crippen MR) is 86.7 cm³/mol. The van der Waals surface area contributed by atoms with E-state index < -0.39 is 23.7 Å². The first-order valence-corrected chi connectivity index (χ1v) is 7.76. The zero-order valence-corrected chi connectivity index (χ0v) is 13.7. The van der Waals surface area contributed by atoms with Crippen LogP contribution in [0.1, 0.15) is 24.1 Å². The molecule has 7 heteroatoms. The summed E-state index contributed by atoms with van der Waals surface area (Å²) < 4.78 is 38.5. The number of alkyl halides is 3. The fourth-order valence-electron chi connectivity index (χ4n) is 2.30. The van der Waals surface area contributed by atoms with Crippen LogP contribution in [0.5, 0.6) is 0 Å². The summed E-state index contributed by atoms with van der Waals surface area (Å²) in [6, 6.07) is 11.3. The normalized spacial score (nSPS) is 12.7. The van der Waals surface area contributed by atoms with Crippen molar-refractivity contribution >= 4 is 23.2 Å². The topological polar surface area (TPSA) is 45.7 Å². The minimum absolute atomic E-state index is 0.0538. The number of nitrogens with two attached hydrogens (primary N) is 1. The zero-order valence-electron chi connectivity index (χ0n) is 12.9. The van der Waals surface area contributed by atoms with E-state index >= 15 is 0 Å². The number of quaternary nitrogens is 1. The van der Waals surface area contributed by atoms with E-state index in [2.05, 4.69) is 5.32 Å². The minimum atomic E-state index is -4.50. The Morgan fingerprint density at radius 3 is 2.46 bits per heavy atom. The third kappa shape index (κ3) is 4.49. The number of amides is 1. The van der Waals surface area contributed by atoms with Crippen LogP contribution in [0.2, 0.25) is 5.02 Å². The molecule has 0 saturated carbocycles. The quantitative estimate of drug-likeness (QED) is 0.843. The van der Waals surface area contributed by atoms with Gasteiger partial charge in [-0.05, 0) is 25.1 Å². The third-order valence-electron chi connectivity index (χ3n) is 3.46. The number of hydrogen-bond acceptors (Lipinski definition) is 1. The van der Waals surface area contributed by atoms with Gasteiger partial charge in [0.05, 0.1) is 22.8 Å². The Labute approximate surface area is 142 Å². The first-order chi connectivity index (χ1) is 11.3. The van der Waals surface area contributed by atoms with E-state index in [1.54, 1.807) is 29.6 Å². The Kier molecular flexibility index (Phi) is 5.85. The number of nitrogens with one attached hydrogen (secondary N) is 1. The Balaban J connectivity index is 2.27. The molecule has 0 aliphatic carbocycles. The van der Waals surface area contributed by atoms with Crippen LogP contribution in [0, 0.1) is 0 Å². The Bertz CT molecular complexity index is 705. The molecule has 2 rings (SSSR count). The fraction of sp³-hybridized carbons (Fsp3) is 0.235. The van der Waals surface area contributed by atoms with Crippen LogP contribution >= 0.6 is 11.6 Å². The Morgan fingerprint density at radius 2 is 1.88 bits per heavy atom. The van der Waals surface area contributed by atoms with Crippen molar-refractivity contribution in [3.05, 3.63) is 64.7 Å². The third-order valence-corrected chi connectivity index (χ3v) is 3.79. The van der Waals surface area contributed by atoms with Gasteiger partial charge >= 0.3 is 6.18 Å². The van der Waals surface area contributed by atoms with Crippen molar-refractivity contribution in [1.82, 2.24) is 0 Å². The van der Waals surface area contributed by atoms with Gasteiger partial charge in [-0.3, -0.25) is 4.79 Å². The molecule has 3 nitrogen and oxygen atoms in total. The highest BCUT2D eigenvalue weighted by atomic mass is 35.5. The van der Waals surface area contributed by atoms with Crippen LogP contribution in [-0.4, -0.2) is 12.5 Å². The highest BCUT2D eigenvalue weighted by molar-refractivity contribution is 6.33. The van der Waals surface area contributed by atoms with Crippen LogP contribution < -0.4 is 10.6 Å². The Hall–Kier alpha value is -2.05. The molecule has 1 amide bonds. The molecule has 0 aromatic heterocycles. The lowest BCUT2D eigenvalue weighted by Crippen LogP contribution is -2.86. The van der Waals surface area contributed by atoms with Gasteiger partial charge in [-0.1, -0.05) is 41.9 Å². The molecule has 3 N–H and O–H groups in total. The van der Waals surface area contributed by atoms with Gasteiger partial charge in [0.25, 0.3) is 5.91 Å². The first-order valence-electron chi connectivity index (χ1n) is 7.38. The molecule has 0 spiro atoms. The van der Waals surface area contributed by atoms with Crippen molar-refractivity contribution in [3.63, 3.8) is 0 Å². The van der Waals surface area contributed by atoms with E-state index in [-0.39, 0.29) is 10.7 Å². The highest BCUT2D eigenvalue weighted by Gasteiger charge is 2.31. The molecule has 0 bridgehead atoms. The van der Waals surface area contributed by atoms with Crippen molar-refractivity contribution in [2.45, 2.75) is 19.1 Å². The van der Waals surface area contributed by atoms with Gasteiger partial charge in [0.2, 0.25) is 0 Å². The molecule has 0 unspecified atom stereocenters. The molecule has 0 aliphatic rings. The maximum atomic E-state index is 12.8. The highest BCUT2D eigenvalue weighted by Crippen LogP contribution is 2.34. The van der Waals surface area contributed by atoms with Gasteiger partial charge < -0.3 is 10.6 Å². The van der Waals surface area contributed by atoms with E-state index in [1.807, 2.05) is 13.0 Å². The van der Waals surface area contributed by atoms with Crippen LogP contribution in [0.25, 0.3) is 0 Å². The maximum Gasteiger partial charge on any atom is 0.416 e. The lowest BCUT2D eigenvalue weighted by atomic mass is 10.1. The molecule has 1 atom stereocenters. The summed E-state index contributed by atoms with van der Waals surface area (Å²) in [7, 11) is 0. The largest absolute Gasteiger partial charge is 0.416 e. The summed E-state index contributed by atoms with van der Waals surface area (Å²) >= 11 is 5.93. The number of hydrogen-bond donors (Lipinski definition) is 2. The maximum absolute atomic E-state index is 12.8. The van der Waals surface area contributed by atoms with Crippen molar-refractivity contribution in [2.75, 3.05) is 11.9 Å². The summed E-state index contributed by atoms with van der Waals surface area (Å²) in [6.45, 7) is 2.53. The second-order valence-electron chi connectivity index (χ2n) is 5.21. The van der Waals surface area contributed by atoms with Gasteiger partial charge in [0.1, 0.15) is 0 Å². The summed E-state index contributed by atoms with van der Waals surface area (Å²) in [4.78, 5) is 12.5. The smallest absolute Gasteiger partial charge is 0.332 e. The average molecular weight is 358 g/mol. The Morgan fingerprint density at radius 1 is 1.21 bits per heavy atom. The van der Waals surface area contributed by atoms with E-state index in [1.165, 1.54) is 0 Å². The minimum Gasteiger partial charge on any atom is -0.332 e. The molecular weight excluding hydrogens is 341 g/mol. The second-order valence-corrected chi connectivity index (χ2v) is 5.62. The van der Waals surface area contributed by atoms with Crippen molar-refractivity contribution < 1.29 is 23.3 Å². The number of benzene rings is 2. The number of rotatable bonds is 5. The molecule has 0 radical (unpaired) electrons. The van der Waals surface area contributed by atoms with Gasteiger partial charge in [-0.25, -0.2) is 0 Å². The van der Waals surface area contributed by atoms with Gasteiger partial charge in [0, 0.05) is 5.56 Å². The number of anilines is 1. The molecule has 24 heavy (non-hydrogen) atoms. The molecule has 0 fully saturated rings. The fourth-order valence-corrected chi connectivity index (χ4v) is 2.46. The van der Waals surface area contributed by atoms with E-state index in [9.17, 15) is 18.0 Å². The summed E-state index contributed by atoms with van der Waals surface area (Å²) in [5.74, 6) is -0.427. The molecule has 0 aliphatic heterocycles. The number of halogens is 4. The van der Waals surface area contributed by atoms with E-state index in [4.69, 9.17) is 11.6 Å². The zero-order chi connectivity index (χ0) is 17.7. The molecule has 0 saturated heterocycles. The molecule has 0 heterocycles. The second kappa shape index (κ2) is 7.68. The van der Waals surface area contributed by atoms with Crippen LogP contribution in [-0.2, 0) is 11.0 Å². The monoisotopic (exact) mass is 357 g/mol. The van der Waals surface area contributed by atoms with Crippen LogP contribution in [0.3, 0.4) is 0 Å². The van der Waals surface area contributed by atoms with Crippen molar-refractivity contribution in [3.8, 4) is 0 Å². The summed E-state index contributed by atoms with van der Waals surface area (Å²) in [5, 5.41) is 4.36. The van der Waals surface area contributed by atoms with Crippen LogP contribution in [0.15, 0.2) is 48.5 Å². The molecule has 128 valence electrons. The lowest BCUT2D eigenvalue weighted by Gasteiger charge is -2.16. The molecular formula is C17H17ClF3N2O+.